The van der Waals surface area contributed by atoms with E-state index in [0.717, 1.165) is 18.4 Å². The number of sulfonamides is 1. The molecule has 1 aromatic carbocycles. The molecule has 0 bridgehead atoms. The lowest BCUT2D eigenvalue weighted by Gasteiger charge is -2.37. The van der Waals surface area contributed by atoms with E-state index in [0.29, 0.717) is 12.2 Å². The highest BCUT2D eigenvalue weighted by molar-refractivity contribution is 7.92. The fraction of sp³-hybridized carbons (Fsp3) is 0.571. The fourth-order valence-corrected chi connectivity index (χ4v) is 3.52. The van der Waals surface area contributed by atoms with Gasteiger partial charge in [0.1, 0.15) is 0 Å². The molecule has 1 fully saturated rings. The van der Waals surface area contributed by atoms with Crippen molar-refractivity contribution < 1.29 is 8.42 Å². The van der Waals surface area contributed by atoms with Gasteiger partial charge in [-0.05, 0) is 30.5 Å². The Balaban J connectivity index is 2.31. The molecule has 1 aromatic rings. The van der Waals surface area contributed by atoms with Gasteiger partial charge in [0.2, 0.25) is 10.0 Å². The number of rotatable bonds is 4. The molecule has 0 amide bonds. The molecule has 0 atom stereocenters. The van der Waals surface area contributed by atoms with Crippen LogP contribution in [-0.4, -0.2) is 21.2 Å². The van der Waals surface area contributed by atoms with Crippen LogP contribution >= 0.6 is 0 Å². The standard InChI is InChI=1S/C14H22N2O2S/c1-19(17,18)16-13-7-5-6-12(10-13)14(11-15)8-3-2-4-9-14/h5-7,10,16H,2-4,8-9,11,15H2,1H3. The first-order valence-corrected chi connectivity index (χ1v) is 8.63. The number of anilines is 1. The summed E-state index contributed by atoms with van der Waals surface area (Å²) in [4.78, 5) is 0. The second-order valence-corrected chi connectivity index (χ2v) is 7.25. The van der Waals surface area contributed by atoms with Crippen LogP contribution in [0.2, 0.25) is 0 Å². The minimum absolute atomic E-state index is 0.0213. The molecule has 1 saturated carbocycles. The van der Waals surface area contributed by atoms with Crippen LogP contribution in [0.15, 0.2) is 24.3 Å². The van der Waals surface area contributed by atoms with Gasteiger partial charge in [-0.1, -0.05) is 31.4 Å². The fourth-order valence-electron chi connectivity index (χ4n) is 2.97. The number of hydrogen-bond donors (Lipinski definition) is 2. The molecule has 0 aromatic heterocycles. The van der Waals surface area contributed by atoms with Crippen molar-refractivity contribution in [3.8, 4) is 0 Å². The van der Waals surface area contributed by atoms with Crippen molar-refractivity contribution in [2.24, 2.45) is 5.73 Å². The van der Waals surface area contributed by atoms with Crippen LogP contribution in [0.25, 0.3) is 0 Å². The van der Waals surface area contributed by atoms with E-state index in [1.165, 1.54) is 25.5 Å². The normalized spacial score (nSPS) is 19.1. The number of nitrogens with one attached hydrogen (secondary N) is 1. The molecule has 106 valence electrons. The summed E-state index contributed by atoms with van der Waals surface area (Å²) in [6, 6.07) is 7.66. The Kier molecular flexibility index (Phi) is 4.16. The third-order valence-electron chi connectivity index (χ3n) is 3.98. The molecule has 3 N–H and O–H groups in total. The van der Waals surface area contributed by atoms with Gasteiger partial charge in [-0.3, -0.25) is 4.72 Å². The van der Waals surface area contributed by atoms with E-state index >= 15 is 0 Å². The maximum atomic E-state index is 11.3. The molecule has 0 radical (unpaired) electrons. The average Bonchev–Trinajstić information content (AvgIpc) is 2.38. The van der Waals surface area contributed by atoms with Crippen LogP contribution in [-0.2, 0) is 15.4 Å². The summed E-state index contributed by atoms with van der Waals surface area (Å²) in [6.45, 7) is 0.620. The van der Waals surface area contributed by atoms with Gasteiger partial charge in [0.05, 0.1) is 6.26 Å². The van der Waals surface area contributed by atoms with Crippen molar-refractivity contribution in [3.05, 3.63) is 29.8 Å². The molecule has 5 heteroatoms. The Hall–Kier alpha value is -1.07. The average molecular weight is 282 g/mol. The van der Waals surface area contributed by atoms with Crippen LogP contribution in [0.4, 0.5) is 5.69 Å². The summed E-state index contributed by atoms with van der Waals surface area (Å²) in [6.07, 6.45) is 7.00. The van der Waals surface area contributed by atoms with Crippen molar-refractivity contribution in [2.45, 2.75) is 37.5 Å². The van der Waals surface area contributed by atoms with E-state index in [9.17, 15) is 8.42 Å². The predicted molar refractivity (Wildman–Crippen MR) is 78.7 cm³/mol. The quantitative estimate of drug-likeness (QED) is 0.889. The van der Waals surface area contributed by atoms with Gasteiger partial charge in [0.15, 0.2) is 0 Å². The molecule has 0 saturated heterocycles. The smallest absolute Gasteiger partial charge is 0.229 e. The zero-order valence-electron chi connectivity index (χ0n) is 11.4. The van der Waals surface area contributed by atoms with Gasteiger partial charge in [-0.2, -0.15) is 0 Å². The zero-order chi connectivity index (χ0) is 13.9. The Morgan fingerprint density at radius 2 is 1.95 bits per heavy atom. The van der Waals surface area contributed by atoms with Crippen molar-refractivity contribution in [2.75, 3.05) is 17.5 Å². The molecule has 0 heterocycles. The second kappa shape index (κ2) is 5.51. The highest BCUT2D eigenvalue weighted by Crippen LogP contribution is 2.39. The summed E-state index contributed by atoms with van der Waals surface area (Å²) in [5.74, 6) is 0. The maximum Gasteiger partial charge on any atom is 0.229 e. The summed E-state index contributed by atoms with van der Waals surface area (Å²) >= 11 is 0. The largest absolute Gasteiger partial charge is 0.330 e. The van der Waals surface area contributed by atoms with Gasteiger partial charge in [0, 0.05) is 17.6 Å². The first-order valence-electron chi connectivity index (χ1n) is 6.74. The lowest BCUT2D eigenvalue weighted by molar-refractivity contribution is 0.301. The SMILES string of the molecule is CS(=O)(=O)Nc1cccc(C2(CN)CCCCC2)c1. The molecule has 1 aliphatic rings. The molecule has 2 rings (SSSR count). The van der Waals surface area contributed by atoms with Gasteiger partial charge in [-0.15, -0.1) is 0 Å². The van der Waals surface area contributed by atoms with Gasteiger partial charge in [-0.25, -0.2) is 8.42 Å². The molecule has 4 nitrogen and oxygen atoms in total. The van der Waals surface area contributed by atoms with Gasteiger partial charge < -0.3 is 5.73 Å². The van der Waals surface area contributed by atoms with Crippen LogP contribution in [0.1, 0.15) is 37.7 Å². The minimum Gasteiger partial charge on any atom is -0.330 e. The first-order chi connectivity index (χ1) is 8.95. The van der Waals surface area contributed by atoms with E-state index in [-0.39, 0.29) is 5.41 Å². The lowest BCUT2D eigenvalue weighted by Crippen LogP contribution is -2.37. The van der Waals surface area contributed by atoms with Crippen LogP contribution in [0, 0.1) is 0 Å². The number of hydrogen-bond acceptors (Lipinski definition) is 3. The summed E-state index contributed by atoms with van der Waals surface area (Å²) in [5, 5.41) is 0. The Morgan fingerprint density at radius 1 is 1.26 bits per heavy atom. The third kappa shape index (κ3) is 3.48. The van der Waals surface area contributed by atoms with Gasteiger partial charge >= 0.3 is 0 Å². The van der Waals surface area contributed by atoms with Crippen LogP contribution in [0.3, 0.4) is 0 Å². The molecular formula is C14H22N2O2S. The van der Waals surface area contributed by atoms with Crippen molar-refractivity contribution in [1.29, 1.82) is 0 Å². The van der Waals surface area contributed by atoms with E-state index in [1.54, 1.807) is 6.07 Å². The van der Waals surface area contributed by atoms with Crippen molar-refractivity contribution in [1.82, 2.24) is 0 Å². The topological polar surface area (TPSA) is 72.2 Å². The summed E-state index contributed by atoms with van der Waals surface area (Å²) < 4.78 is 25.1. The summed E-state index contributed by atoms with van der Waals surface area (Å²) in [7, 11) is -3.23. The molecule has 0 aliphatic heterocycles. The molecule has 0 spiro atoms. The van der Waals surface area contributed by atoms with Crippen molar-refractivity contribution >= 4 is 15.7 Å². The Morgan fingerprint density at radius 3 is 2.53 bits per heavy atom. The predicted octanol–water partition coefficient (Wildman–Crippen LogP) is 2.22. The van der Waals surface area contributed by atoms with E-state index in [4.69, 9.17) is 5.73 Å². The summed E-state index contributed by atoms with van der Waals surface area (Å²) in [5.41, 5.74) is 7.81. The lowest BCUT2D eigenvalue weighted by atomic mass is 9.69. The van der Waals surface area contributed by atoms with E-state index in [2.05, 4.69) is 10.8 Å². The molecule has 1 aliphatic carbocycles. The van der Waals surface area contributed by atoms with Gasteiger partial charge in [0.25, 0.3) is 0 Å². The number of nitrogens with two attached hydrogens (primary N) is 1. The van der Waals surface area contributed by atoms with E-state index < -0.39 is 10.0 Å². The number of benzene rings is 1. The zero-order valence-corrected chi connectivity index (χ0v) is 12.2. The third-order valence-corrected chi connectivity index (χ3v) is 4.59. The molecule has 19 heavy (non-hydrogen) atoms. The molecular weight excluding hydrogens is 260 g/mol. The second-order valence-electron chi connectivity index (χ2n) is 5.50. The monoisotopic (exact) mass is 282 g/mol. The Labute approximate surface area is 115 Å². The minimum atomic E-state index is -3.23. The highest BCUT2D eigenvalue weighted by Gasteiger charge is 2.32. The first kappa shape index (κ1) is 14.3. The highest BCUT2D eigenvalue weighted by atomic mass is 32.2. The van der Waals surface area contributed by atoms with Crippen LogP contribution in [0.5, 0.6) is 0 Å². The van der Waals surface area contributed by atoms with E-state index in [1.807, 2.05) is 12.1 Å². The Bertz CT molecular complexity index is 534. The van der Waals surface area contributed by atoms with Crippen molar-refractivity contribution in [3.63, 3.8) is 0 Å². The molecule has 0 unspecified atom stereocenters. The van der Waals surface area contributed by atoms with Crippen LogP contribution < -0.4 is 10.5 Å². The maximum absolute atomic E-state index is 11.3.